The molecule has 2 aromatic heterocycles. The number of piperazine rings is 1. The molecule has 0 spiro atoms. The molecule has 0 unspecified atom stereocenters. The summed E-state index contributed by atoms with van der Waals surface area (Å²) in [6, 6.07) is 9.42. The molecule has 8 heteroatoms. The van der Waals surface area contributed by atoms with E-state index in [1.807, 2.05) is 37.3 Å². The molecular formula is C21H23ClN6O. The standard InChI is InChI=1S/C21H23ClN6O/c1-14-18-12-17(26-19(29)7-4-15-2-5-16(22)6-3-15)13-24-20(18)27-21(25-14)28-10-8-23-9-11-28/h2-3,5-6,12-13,23H,4,7-11H2,1H3,(H,26,29). The number of aromatic nitrogens is 3. The first-order valence-corrected chi connectivity index (χ1v) is 10.1. The summed E-state index contributed by atoms with van der Waals surface area (Å²) in [7, 11) is 0. The molecule has 0 atom stereocenters. The summed E-state index contributed by atoms with van der Waals surface area (Å²) in [5.41, 5.74) is 3.23. The molecule has 4 rings (SSSR count). The van der Waals surface area contributed by atoms with E-state index in [-0.39, 0.29) is 5.91 Å². The van der Waals surface area contributed by atoms with E-state index in [9.17, 15) is 4.79 Å². The summed E-state index contributed by atoms with van der Waals surface area (Å²) in [4.78, 5) is 28.2. The molecule has 29 heavy (non-hydrogen) atoms. The largest absolute Gasteiger partial charge is 0.338 e. The van der Waals surface area contributed by atoms with Crippen molar-refractivity contribution in [2.24, 2.45) is 0 Å². The minimum absolute atomic E-state index is 0.0582. The fourth-order valence-electron chi connectivity index (χ4n) is 3.35. The van der Waals surface area contributed by atoms with Gasteiger partial charge in [0.25, 0.3) is 0 Å². The number of halogens is 1. The van der Waals surface area contributed by atoms with Crippen molar-refractivity contribution in [2.75, 3.05) is 36.4 Å². The maximum atomic E-state index is 12.3. The van der Waals surface area contributed by atoms with Gasteiger partial charge in [0.1, 0.15) is 0 Å². The number of benzene rings is 1. The van der Waals surface area contributed by atoms with Crippen molar-refractivity contribution in [1.82, 2.24) is 20.3 Å². The Kier molecular flexibility index (Phi) is 5.87. The maximum absolute atomic E-state index is 12.3. The van der Waals surface area contributed by atoms with E-state index < -0.39 is 0 Å². The number of hydrogen-bond acceptors (Lipinski definition) is 6. The molecule has 1 saturated heterocycles. The van der Waals surface area contributed by atoms with Crippen LogP contribution in [-0.2, 0) is 11.2 Å². The number of hydrogen-bond donors (Lipinski definition) is 2. The summed E-state index contributed by atoms with van der Waals surface area (Å²) in [6.45, 7) is 5.56. The van der Waals surface area contributed by atoms with Gasteiger partial charge in [0, 0.05) is 43.0 Å². The number of anilines is 2. The van der Waals surface area contributed by atoms with Crippen LogP contribution in [0.3, 0.4) is 0 Å². The van der Waals surface area contributed by atoms with Crippen molar-refractivity contribution in [3.8, 4) is 0 Å². The van der Waals surface area contributed by atoms with Crippen LogP contribution in [0.4, 0.5) is 11.6 Å². The number of fused-ring (bicyclic) bond motifs is 1. The molecule has 1 amide bonds. The number of carbonyl (C=O) groups excluding carboxylic acids is 1. The van der Waals surface area contributed by atoms with Crippen LogP contribution >= 0.6 is 11.6 Å². The molecule has 3 heterocycles. The second-order valence-electron chi connectivity index (χ2n) is 7.12. The van der Waals surface area contributed by atoms with E-state index in [4.69, 9.17) is 11.6 Å². The van der Waals surface area contributed by atoms with Crippen LogP contribution in [0.2, 0.25) is 5.02 Å². The van der Waals surface area contributed by atoms with Crippen LogP contribution < -0.4 is 15.5 Å². The van der Waals surface area contributed by atoms with E-state index in [1.165, 1.54) is 0 Å². The van der Waals surface area contributed by atoms with E-state index in [0.29, 0.717) is 35.1 Å². The van der Waals surface area contributed by atoms with Gasteiger partial charge in [-0.3, -0.25) is 4.79 Å². The van der Waals surface area contributed by atoms with Gasteiger partial charge in [0.15, 0.2) is 5.65 Å². The van der Waals surface area contributed by atoms with Crippen LogP contribution in [0.25, 0.3) is 11.0 Å². The van der Waals surface area contributed by atoms with E-state index in [2.05, 4.69) is 30.5 Å². The molecule has 3 aromatic rings. The van der Waals surface area contributed by atoms with Crippen molar-refractivity contribution in [1.29, 1.82) is 0 Å². The van der Waals surface area contributed by atoms with Crippen molar-refractivity contribution in [3.63, 3.8) is 0 Å². The zero-order chi connectivity index (χ0) is 20.2. The Morgan fingerprint density at radius 2 is 1.97 bits per heavy atom. The average Bonchev–Trinajstić information content (AvgIpc) is 2.74. The smallest absolute Gasteiger partial charge is 0.227 e. The molecule has 1 fully saturated rings. The third kappa shape index (κ3) is 4.81. The highest BCUT2D eigenvalue weighted by atomic mass is 35.5. The molecule has 1 aliphatic rings. The molecule has 0 saturated carbocycles. The Bertz CT molecular complexity index is 1020. The van der Waals surface area contributed by atoms with Gasteiger partial charge in [0.2, 0.25) is 11.9 Å². The van der Waals surface area contributed by atoms with Crippen molar-refractivity contribution >= 4 is 40.2 Å². The Morgan fingerprint density at radius 1 is 1.21 bits per heavy atom. The third-order valence-corrected chi connectivity index (χ3v) is 5.22. The lowest BCUT2D eigenvalue weighted by Crippen LogP contribution is -2.44. The van der Waals surface area contributed by atoms with Crippen molar-refractivity contribution < 1.29 is 4.79 Å². The predicted octanol–water partition coefficient (Wildman–Crippen LogP) is 2.97. The first-order chi connectivity index (χ1) is 14.1. The molecule has 0 bridgehead atoms. The lowest BCUT2D eigenvalue weighted by molar-refractivity contribution is -0.116. The van der Waals surface area contributed by atoms with Crippen LogP contribution in [0.15, 0.2) is 36.5 Å². The van der Waals surface area contributed by atoms with Crippen LogP contribution in [-0.4, -0.2) is 47.0 Å². The summed E-state index contributed by atoms with van der Waals surface area (Å²) in [5.74, 6) is 0.654. The second kappa shape index (κ2) is 8.71. The molecule has 0 aliphatic carbocycles. The van der Waals surface area contributed by atoms with Crippen LogP contribution in [0.5, 0.6) is 0 Å². The Hall–Kier alpha value is -2.77. The first-order valence-electron chi connectivity index (χ1n) is 9.73. The number of pyridine rings is 1. The van der Waals surface area contributed by atoms with E-state index in [1.54, 1.807) is 6.20 Å². The molecule has 7 nitrogen and oxygen atoms in total. The van der Waals surface area contributed by atoms with E-state index >= 15 is 0 Å². The van der Waals surface area contributed by atoms with Crippen LogP contribution in [0, 0.1) is 6.92 Å². The maximum Gasteiger partial charge on any atom is 0.227 e. The molecule has 2 N–H and O–H groups in total. The van der Waals surface area contributed by atoms with Gasteiger partial charge in [-0.25, -0.2) is 9.97 Å². The van der Waals surface area contributed by atoms with Gasteiger partial charge in [-0.1, -0.05) is 23.7 Å². The van der Waals surface area contributed by atoms with Crippen molar-refractivity contribution in [3.05, 3.63) is 52.8 Å². The zero-order valence-electron chi connectivity index (χ0n) is 16.3. The summed E-state index contributed by atoms with van der Waals surface area (Å²) >= 11 is 5.89. The number of aryl methyl sites for hydroxylation is 2. The SMILES string of the molecule is Cc1nc(N2CCNCC2)nc2ncc(NC(=O)CCc3ccc(Cl)cc3)cc12. The lowest BCUT2D eigenvalue weighted by Gasteiger charge is -2.27. The first kappa shape index (κ1) is 19.5. The monoisotopic (exact) mass is 410 g/mol. The number of amides is 1. The summed E-state index contributed by atoms with van der Waals surface area (Å²) < 4.78 is 0. The zero-order valence-corrected chi connectivity index (χ0v) is 17.0. The topological polar surface area (TPSA) is 83.0 Å². The minimum Gasteiger partial charge on any atom is -0.338 e. The van der Waals surface area contributed by atoms with Gasteiger partial charge < -0.3 is 15.5 Å². The lowest BCUT2D eigenvalue weighted by atomic mass is 10.1. The number of nitrogens with zero attached hydrogens (tertiary/aromatic N) is 4. The molecular weight excluding hydrogens is 388 g/mol. The average molecular weight is 411 g/mol. The number of carbonyl (C=O) groups is 1. The Labute approximate surface area is 174 Å². The Balaban J connectivity index is 1.44. The molecule has 1 aromatic carbocycles. The van der Waals surface area contributed by atoms with Gasteiger partial charge in [-0.15, -0.1) is 0 Å². The minimum atomic E-state index is -0.0582. The van der Waals surface area contributed by atoms with Gasteiger partial charge in [-0.05, 0) is 37.1 Å². The predicted molar refractivity (Wildman–Crippen MR) is 116 cm³/mol. The highest BCUT2D eigenvalue weighted by molar-refractivity contribution is 6.30. The molecule has 1 aliphatic heterocycles. The van der Waals surface area contributed by atoms with Gasteiger partial charge in [-0.2, -0.15) is 4.98 Å². The van der Waals surface area contributed by atoms with Gasteiger partial charge in [0.05, 0.1) is 17.6 Å². The number of nitrogens with one attached hydrogen (secondary N) is 2. The Morgan fingerprint density at radius 3 is 2.72 bits per heavy atom. The summed E-state index contributed by atoms with van der Waals surface area (Å²) in [6.07, 6.45) is 2.69. The summed E-state index contributed by atoms with van der Waals surface area (Å²) in [5, 5.41) is 7.78. The van der Waals surface area contributed by atoms with Crippen molar-refractivity contribution in [2.45, 2.75) is 19.8 Å². The van der Waals surface area contributed by atoms with Gasteiger partial charge >= 0.3 is 0 Å². The normalized spacial score (nSPS) is 14.2. The molecule has 0 radical (unpaired) electrons. The fourth-order valence-corrected chi connectivity index (χ4v) is 3.48. The van der Waals surface area contributed by atoms with Crippen LogP contribution in [0.1, 0.15) is 17.7 Å². The second-order valence-corrected chi connectivity index (χ2v) is 7.55. The molecule has 150 valence electrons. The highest BCUT2D eigenvalue weighted by Gasteiger charge is 2.16. The third-order valence-electron chi connectivity index (χ3n) is 4.97. The highest BCUT2D eigenvalue weighted by Crippen LogP contribution is 2.21. The van der Waals surface area contributed by atoms with E-state index in [0.717, 1.165) is 42.8 Å². The quantitative estimate of drug-likeness (QED) is 0.672. The number of rotatable bonds is 5. The fraction of sp³-hybridized carbons (Fsp3) is 0.333.